The molecule has 0 amide bonds. The van der Waals surface area contributed by atoms with Crippen LogP contribution in [0.2, 0.25) is 0 Å². The van der Waals surface area contributed by atoms with Crippen LogP contribution in [-0.4, -0.2) is 0 Å². The molecule has 0 atom stereocenters. The Morgan fingerprint density at radius 1 is 0.375 bits per heavy atom. The summed E-state index contributed by atoms with van der Waals surface area (Å²) in [7, 11) is 0. The Hall–Kier alpha value is -5.46. The van der Waals surface area contributed by atoms with Gasteiger partial charge >= 0.3 is 0 Å². The monoisotopic (exact) mass is 743 g/mol. The summed E-state index contributed by atoms with van der Waals surface area (Å²) in [6.45, 7) is 34.3. The molecule has 0 aromatic heterocycles. The predicted molar refractivity (Wildman–Crippen MR) is 263 cm³/mol. The molecule has 0 fully saturated rings. The summed E-state index contributed by atoms with van der Waals surface area (Å²) in [5.74, 6) is 0. The first-order valence-electron chi connectivity index (χ1n) is 21.1. The highest BCUT2D eigenvalue weighted by Gasteiger charge is 2.06. The van der Waals surface area contributed by atoms with E-state index in [2.05, 4.69) is 173 Å². The van der Waals surface area contributed by atoms with E-state index in [4.69, 9.17) is 0 Å². The molecule has 0 aliphatic carbocycles. The van der Waals surface area contributed by atoms with Gasteiger partial charge in [-0.15, -0.1) is 0 Å². The first kappa shape index (κ1) is 48.6. The minimum atomic E-state index is 1.09. The summed E-state index contributed by atoms with van der Waals surface area (Å²) in [6, 6.07) is 49.5. The van der Waals surface area contributed by atoms with Crippen molar-refractivity contribution in [3.8, 4) is 0 Å². The first-order chi connectivity index (χ1) is 27.5. The second-order valence-corrected chi connectivity index (χ2v) is 11.7. The van der Waals surface area contributed by atoms with Crippen molar-refractivity contribution in [3.63, 3.8) is 0 Å². The molecule has 0 saturated carbocycles. The van der Waals surface area contributed by atoms with E-state index >= 15 is 0 Å². The van der Waals surface area contributed by atoms with E-state index in [1.807, 2.05) is 81.4 Å². The fraction of sp³-hybridized carbons (Fsp3) is 0.250. The summed E-state index contributed by atoms with van der Waals surface area (Å²) >= 11 is 0. The molecule has 0 spiro atoms. The Morgan fingerprint density at radius 2 is 0.661 bits per heavy atom. The Bertz CT molecular complexity index is 2240. The summed E-state index contributed by atoms with van der Waals surface area (Å²) in [5.41, 5.74) is 6.46. The van der Waals surface area contributed by atoms with Gasteiger partial charge in [0.25, 0.3) is 0 Å². The van der Waals surface area contributed by atoms with Crippen molar-refractivity contribution in [2.24, 2.45) is 0 Å². The van der Waals surface area contributed by atoms with Gasteiger partial charge in [-0.3, -0.25) is 0 Å². The SMILES string of the molecule is C=Cc1cc2ccccc2c(C)c1C=C.CC.CC.CC.CC.CC.CCc1c2ccccc2cc2ccccc12.Cc1c2ccccc2cc2ccccc12. The van der Waals surface area contributed by atoms with E-state index < -0.39 is 0 Å². The van der Waals surface area contributed by atoms with Gasteiger partial charge in [-0.25, -0.2) is 0 Å². The molecular formula is C56H70. The zero-order valence-electron chi connectivity index (χ0n) is 37.1. The third-order valence-electron chi connectivity index (χ3n) is 9.09. The molecule has 294 valence electrons. The molecule has 0 N–H and O–H groups in total. The Labute approximate surface area is 341 Å². The number of rotatable bonds is 3. The van der Waals surface area contributed by atoms with E-state index in [1.54, 1.807) is 0 Å². The zero-order chi connectivity index (χ0) is 42.0. The molecule has 8 rings (SSSR count). The Balaban J connectivity index is 0.000000377. The van der Waals surface area contributed by atoms with Crippen LogP contribution in [0.25, 0.3) is 66.0 Å². The first-order valence-corrected chi connectivity index (χ1v) is 21.1. The molecule has 0 nitrogen and oxygen atoms in total. The van der Waals surface area contributed by atoms with Gasteiger partial charge in [0.1, 0.15) is 0 Å². The van der Waals surface area contributed by atoms with Crippen LogP contribution in [-0.2, 0) is 6.42 Å². The van der Waals surface area contributed by atoms with Crippen LogP contribution in [0.5, 0.6) is 0 Å². The van der Waals surface area contributed by atoms with Crippen LogP contribution in [0, 0.1) is 13.8 Å². The lowest BCUT2D eigenvalue weighted by atomic mass is 9.95. The molecule has 0 unspecified atom stereocenters. The molecule has 56 heavy (non-hydrogen) atoms. The summed E-state index contributed by atoms with van der Waals surface area (Å²) in [5, 5.41) is 13.4. The van der Waals surface area contributed by atoms with E-state index in [1.165, 1.54) is 76.1 Å². The van der Waals surface area contributed by atoms with Crippen molar-refractivity contribution in [3.05, 3.63) is 181 Å². The van der Waals surface area contributed by atoms with Crippen molar-refractivity contribution in [1.82, 2.24) is 0 Å². The molecule has 0 heteroatoms. The van der Waals surface area contributed by atoms with Gasteiger partial charge in [0.15, 0.2) is 0 Å². The normalized spacial score (nSPS) is 9.38. The predicted octanol–water partition coefficient (Wildman–Crippen LogP) is 18.4. The van der Waals surface area contributed by atoms with Crippen molar-refractivity contribution >= 4 is 66.0 Å². The summed E-state index contributed by atoms with van der Waals surface area (Å²) in [4.78, 5) is 0. The molecule has 8 aromatic rings. The standard InChI is InChI=1S/C16H14.C15H12.C15H14.5C2H6/c1-2-14-15-9-5-3-7-12(15)11-13-8-4-6-10-16(13)14;1-11-14-8-4-2-6-12(14)10-13-7-3-5-9-15(11)13;1-4-12-10-13-8-6-7-9-15(13)11(3)14(12)5-2;5*1-2/h3-11H,2H2,1H3;2-10H,1H3;4-10H,1-2H2,3H3;5*1-2H3. The van der Waals surface area contributed by atoms with Gasteiger partial charge in [0, 0.05) is 0 Å². The van der Waals surface area contributed by atoms with Crippen LogP contribution in [0.3, 0.4) is 0 Å². The lowest BCUT2D eigenvalue weighted by molar-refractivity contribution is 1.18. The van der Waals surface area contributed by atoms with E-state index in [0.717, 1.165) is 12.0 Å². The van der Waals surface area contributed by atoms with Crippen molar-refractivity contribution in [1.29, 1.82) is 0 Å². The van der Waals surface area contributed by atoms with Gasteiger partial charge in [-0.05, 0) is 120 Å². The molecule has 0 saturated heterocycles. The molecule has 0 aliphatic heterocycles. The maximum absolute atomic E-state index is 3.86. The topological polar surface area (TPSA) is 0 Å². The molecule has 0 heterocycles. The van der Waals surface area contributed by atoms with Crippen LogP contribution in [0.4, 0.5) is 0 Å². The van der Waals surface area contributed by atoms with Crippen molar-refractivity contribution in [2.45, 2.75) is 96.4 Å². The average Bonchev–Trinajstić information content (AvgIpc) is 3.29. The van der Waals surface area contributed by atoms with Gasteiger partial charge in [-0.2, -0.15) is 0 Å². The van der Waals surface area contributed by atoms with Gasteiger partial charge in [0.05, 0.1) is 0 Å². The third-order valence-corrected chi connectivity index (χ3v) is 9.09. The summed E-state index contributed by atoms with van der Waals surface area (Å²) in [6.07, 6.45) is 4.87. The Morgan fingerprint density at radius 3 is 0.982 bits per heavy atom. The minimum Gasteiger partial charge on any atom is -0.0984 e. The highest BCUT2D eigenvalue weighted by atomic mass is 14.1. The fourth-order valence-corrected chi connectivity index (χ4v) is 6.74. The maximum atomic E-state index is 3.86. The molecule has 0 bridgehead atoms. The smallest absolute Gasteiger partial charge is 0.0146 e. The maximum Gasteiger partial charge on any atom is -0.0146 e. The zero-order valence-corrected chi connectivity index (χ0v) is 37.1. The molecule has 0 radical (unpaired) electrons. The van der Waals surface area contributed by atoms with Crippen molar-refractivity contribution in [2.75, 3.05) is 0 Å². The second-order valence-electron chi connectivity index (χ2n) is 11.7. The Kier molecular flexibility index (Phi) is 23.6. The highest BCUT2D eigenvalue weighted by molar-refractivity contribution is 6.03. The largest absolute Gasteiger partial charge is 0.0984 e. The van der Waals surface area contributed by atoms with E-state index in [9.17, 15) is 0 Å². The average molecular weight is 743 g/mol. The van der Waals surface area contributed by atoms with Gasteiger partial charge in [-0.1, -0.05) is 223 Å². The fourth-order valence-electron chi connectivity index (χ4n) is 6.74. The molecule has 8 aromatic carbocycles. The summed E-state index contributed by atoms with van der Waals surface area (Å²) < 4.78 is 0. The van der Waals surface area contributed by atoms with Crippen molar-refractivity contribution < 1.29 is 0 Å². The number of benzene rings is 8. The van der Waals surface area contributed by atoms with Crippen LogP contribution in [0.1, 0.15) is 104 Å². The van der Waals surface area contributed by atoms with Crippen LogP contribution >= 0.6 is 0 Å². The number of fused-ring (bicyclic) bond motifs is 5. The lowest BCUT2D eigenvalue weighted by Gasteiger charge is -2.09. The van der Waals surface area contributed by atoms with Gasteiger partial charge < -0.3 is 0 Å². The van der Waals surface area contributed by atoms with E-state index in [0.29, 0.717) is 0 Å². The number of hydrogen-bond donors (Lipinski definition) is 0. The quantitative estimate of drug-likeness (QED) is 0.158. The van der Waals surface area contributed by atoms with Gasteiger partial charge in [0.2, 0.25) is 0 Å². The lowest BCUT2D eigenvalue weighted by Crippen LogP contribution is -1.88. The molecular weight excluding hydrogens is 673 g/mol. The van der Waals surface area contributed by atoms with Crippen LogP contribution in [0.15, 0.2) is 153 Å². The van der Waals surface area contributed by atoms with Crippen LogP contribution < -0.4 is 0 Å². The molecule has 0 aliphatic rings. The minimum absolute atomic E-state index is 1.09. The number of aryl methyl sites for hydroxylation is 3. The third kappa shape index (κ3) is 12.0. The number of hydrogen-bond acceptors (Lipinski definition) is 0. The second kappa shape index (κ2) is 27.2. The van der Waals surface area contributed by atoms with E-state index in [-0.39, 0.29) is 0 Å². The highest BCUT2D eigenvalue weighted by Crippen LogP contribution is 2.30.